The Morgan fingerprint density at radius 1 is 0.892 bits per heavy atom. The molecular formula is C31H37N3O3. The monoisotopic (exact) mass is 499 g/mol. The van der Waals surface area contributed by atoms with E-state index in [1.807, 2.05) is 72.8 Å². The summed E-state index contributed by atoms with van der Waals surface area (Å²) in [6, 6.07) is 26.1. The quantitative estimate of drug-likeness (QED) is 0.281. The first kappa shape index (κ1) is 26.3. The van der Waals surface area contributed by atoms with E-state index in [1.165, 1.54) is 5.69 Å². The van der Waals surface area contributed by atoms with Crippen molar-refractivity contribution in [3.8, 4) is 11.5 Å². The molecule has 194 valence electrons. The maximum absolute atomic E-state index is 12.2. The SMILES string of the molecule is COc1ccccc1N1CCN(CCCCNC(=O)/C=C/c2ccc(OCc3ccccc3)cc2)CC1. The van der Waals surface area contributed by atoms with Crippen LogP contribution in [0.15, 0.2) is 84.9 Å². The van der Waals surface area contributed by atoms with E-state index < -0.39 is 0 Å². The Morgan fingerprint density at radius 3 is 2.38 bits per heavy atom. The molecule has 37 heavy (non-hydrogen) atoms. The van der Waals surface area contributed by atoms with Crippen molar-refractivity contribution < 1.29 is 14.3 Å². The second-order valence-electron chi connectivity index (χ2n) is 9.18. The number of piperazine rings is 1. The average Bonchev–Trinajstić information content (AvgIpc) is 2.96. The highest BCUT2D eigenvalue weighted by atomic mass is 16.5. The molecule has 0 unspecified atom stereocenters. The van der Waals surface area contributed by atoms with Crippen molar-refractivity contribution >= 4 is 17.7 Å². The summed E-state index contributed by atoms with van der Waals surface area (Å²) in [6.45, 7) is 6.38. The lowest BCUT2D eigenvalue weighted by Crippen LogP contribution is -2.46. The second kappa shape index (κ2) is 14.1. The van der Waals surface area contributed by atoms with Crippen LogP contribution >= 0.6 is 0 Å². The summed E-state index contributed by atoms with van der Waals surface area (Å²) < 4.78 is 11.3. The van der Waals surface area contributed by atoms with Gasteiger partial charge in [-0.05, 0) is 60.9 Å². The predicted molar refractivity (Wildman–Crippen MR) is 150 cm³/mol. The third-order valence-corrected chi connectivity index (χ3v) is 6.55. The molecule has 1 fully saturated rings. The number of amides is 1. The molecule has 1 aliphatic heterocycles. The number of hydrogen-bond acceptors (Lipinski definition) is 5. The van der Waals surface area contributed by atoms with Gasteiger partial charge in [-0.25, -0.2) is 0 Å². The van der Waals surface area contributed by atoms with E-state index in [0.29, 0.717) is 13.2 Å². The minimum Gasteiger partial charge on any atom is -0.495 e. The number of para-hydroxylation sites is 2. The Labute approximate surface area is 220 Å². The van der Waals surface area contributed by atoms with E-state index in [0.717, 1.165) is 68.2 Å². The number of ether oxygens (including phenoxy) is 2. The summed E-state index contributed by atoms with van der Waals surface area (Å²) in [4.78, 5) is 17.1. The molecule has 0 saturated carbocycles. The molecule has 0 spiro atoms. The first-order valence-electron chi connectivity index (χ1n) is 13.0. The van der Waals surface area contributed by atoms with E-state index >= 15 is 0 Å². The molecule has 0 atom stereocenters. The van der Waals surface area contributed by atoms with Crippen molar-refractivity contribution in [1.29, 1.82) is 0 Å². The number of anilines is 1. The molecule has 3 aromatic carbocycles. The van der Waals surface area contributed by atoms with E-state index in [1.54, 1.807) is 13.2 Å². The van der Waals surface area contributed by atoms with Crippen LogP contribution in [0.4, 0.5) is 5.69 Å². The van der Waals surface area contributed by atoms with E-state index in [9.17, 15) is 4.79 Å². The molecule has 1 amide bonds. The summed E-state index contributed by atoms with van der Waals surface area (Å²) in [7, 11) is 1.73. The van der Waals surface area contributed by atoms with Crippen LogP contribution in [-0.4, -0.2) is 57.2 Å². The third kappa shape index (κ3) is 8.40. The fourth-order valence-electron chi connectivity index (χ4n) is 4.42. The van der Waals surface area contributed by atoms with Gasteiger partial charge in [-0.3, -0.25) is 9.69 Å². The van der Waals surface area contributed by atoms with Crippen LogP contribution in [0, 0.1) is 0 Å². The topological polar surface area (TPSA) is 54.0 Å². The maximum atomic E-state index is 12.2. The molecule has 6 nitrogen and oxygen atoms in total. The van der Waals surface area contributed by atoms with Gasteiger partial charge in [0.25, 0.3) is 0 Å². The van der Waals surface area contributed by atoms with Crippen LogP contribution in [0.1, 0.15) is 24.0 Å². The first-order valence-corrected chi connectivity index (χ1v) is 13.0. The lowest BCUT2D eigenvalue weighted by Gasteiger charge is -2.36. The van der Waals surface area contributed by atoms with Gasteiger partial charge in [-0.2, -0.15) is 0 Å². The molecule has 1 saturated heterocycles. The second-order valence-corrected chi connectivity index (χ2v) is 9.18. The lowest BCUT2D eigenvalue weighted by molar-refractivity contribution is -0.116. The number of methoxy groups -OCH3 is 1. The smallest absolute Gasteiger partial charge is 0.243 e. The molecule has 1 heterocycles. The Morgan fingerprint density at radius 2 is 1.62 bits per heavy atom. The van der Waals surface area contributed by atoms with Crippen LogP contribution in [0.5, 0.6) is 11.5 Å². The number of benzene rings is 3. The molecule has 4 rings (SSSR count). The molecule has 0 aromatic heterocycles. The molecule has 1 N–H and O–H groups in total. The van der Waals surface area contributed by atoms with Crippen molar-refractivity contribution in [3.63, 3.8) is 0 Å². The minimum absolute atomic E-state index is 0.0603. The van der Waals surface area contributed by atoms with E-state index in [4.69, 9.17) is 9.47 Å². The first-order chi connectivity index (χ1) is 18.2. The molecule has 0 bridgehead atoms. The normalized spacial score (nSPS) is 14.0. The fraction of sp³-hybridized carbons (Fsp3) is 0.323. The molecule has 0 aliphatic carbocycles. The molecular weight excluding hydrogens is 462 g/mol. The highest BCUT2D eigenvalue weighted by molar-refractivity contribution is 5.91. The van der Waals surface area contributed by atoms with Gasteiger partial charge in [0.2, 0.25) is 5.91 Å². The van der Waals surface area contributed by atoms with Crippen molar-refractivity contribution in [1.82, 2.24) is 10.2 Å². The van der Waals surface area contributed by atoms with Crippen molar-refractivity contribution in [2.75, 3.05) is 51.3 Å². The van der Waals surface area contributed by atoms with Crippen molar-refractivity contribution in [2.45, 2.75) is 19.4 Å². The number of nitrogens with zero attached hydrogens (tertiary/aromatic N) is 2. The van der Waals surface area contributed by atoms with E-state index in [2.05, 4.69) is 27.2 Å². The van der Waals surface area contributed by atoms with Gasteiger partial charge in [0.05, 0.1) is 12.8 Å². The van der Waals surface area contributed by atoms with Gasteiger partial charge in [0, 0.05) is 38.8 Å². The molecule has 3 aromatic rings. The highest BCUT2D eigenvalue weighted by Gasteiger charge is 2.19. The number of hydrogen-bond donors (Lipinski definition) is 1. The average molecular weight is 500 g/mol. The van der Waals surface area contributed by atoms with Gasteiger partial charge in [0.1, 0.15) is 18.1 Å². The van der Waals surface area contributed by atoms with Gasteiger partial charge in [-0.1, -0.05) is 54.6 Å². The highest BCUT2D eigenvalue weighted by Crippen LogP contribution is 2.28. The van der Waals surface area contributed by atoms with Gasteiger partial charge in [-0.15, -0.1) is 0 Å². The Kier molecular flexibility index (Phi) is 10.0. The summed E-state index contributed by atoms with van der Waals surface area (Å²) in [5.41, 5.74) is 3.28. The number of carbonyl (C=O) groups is 1. The lowest BCUT2D eigenvalue weighted by atomic mass is 10.2. The van der Waals surface area contributed by atoms with Crippen molar-refractivity contribution in [3.05, 3.63) is 96.1 Å². The largest absolute Gasteiger partial charge is 0.495 e. The molecule has 0 radical (unpaired) electrons. The van der Waals surface area contributed by atoms with Crippen LogP contribution < -0.4 is 19.7 Å². The summed E-state index contributed by atoms with van der Waals surface area (Å²) in [5.74, 6) is 1.69. The zero-order chi connectivity index (χ0) is 25.7. The standard InChI is InChI=1S/C31H37N3O3/c1-36-30-12-6-5-11-29(30)34-23-21-33(22-24-34)20-8-7-19-32-31(35)18-15-26-13-16-28(17-14-26)37-25-27-9-3-2-4-10-27/h2-6,9-18H,7-8,19-25H2,1H3,(H,32,35)/b18-15+. The van der Waals surface area contributed by atoms with Crippen LogP contribution in [0.3, 0.4) is 0 Å². The number of unbranched alkanes of at least 4 members (excludes halogenated alkanes) is 1. The van der Waals surface area contributed by atoms with Gasteiger partial charge >= 0.3 is 0 Å². The fourth-order valence-corrected chi connectivity index (χ4v) is 4.42. The Balaban J connectivity index is 1.08. The van der Waals surface area contributed by atoms with Crippen molar-refractivity contribution in [2.24, 2.45) is 0 Å². The van der Waals surface area contributed by atoms with Crippen LogP contribution in [0.2, 0.25) is 0 Å². The van der Waals surface area contributed by atoms with Gasteiger partial charge < -0.3 is 19.7 Å². The zero-order valence-electron chi connectivity index (χ0n) is 21.6. The third-order valence-electron chi connectivity index (χ3n) is 6.55. The van der Waals surface area contributed by atoms with E-state index in [-0.39, 0.29) is 5.91 Å². The summed E-state index contributed by atoms with van der Waals surface area (Å²) in [5, 5.41) is 2.99. The van der Waals surface area contributed by atoms with Gasteiger partial charge in [0.15, 0.2) is 0 Å². The van der Waals surface area contributed by atoms with Crippen LogP contribution in [-0.2, 0) is 11.4 Å². The van der Waals surface area contributed by atoms with Crippen LogP contribution in [0.25, 0.3) is 6.08 Å². The minimum atomic E-state index is -0.0603. The molecule has 6 heteroatoms. The number of rotatable bonds is 12. The summed E-state index contributed by atoms with van der Waals surface area (Å²) in [6.07, 6.45) is 5.47. The molecule has 1 aliphatic rings. The Bertz CT molecular complexity index is 1120. The zero-order valence-corrected chi connectivity index (χ0v) is 21.6. The summed E-state index contributed by atoms with van der Waals surface area (Å²) >= 11 is 0. The Hall–Kier alpha value is -3.77. The maximum Gasteiger partial charge on any atom is 0.243 e. The predicted octanol–water partition coefficient (Wildman–Crippen LogP) is 5.01. The number of nitrogens with one attached hydrogen (secondary N) is 1. The number of carbonyl (C=O) groups excluding carboxylic acids is 1.